The number of unbranched alkanes of at least 4 members (excludes halogenated alkanes) is 3. The Balaban J connectivity index is 1.63. The number of rotatable bonds is 8. The highest BCUT2D eigenvalue weighted by molar-refractivity contribution is 7.99. The molecule has 0 radical (unpaired) electrons. The molecule has 110 valence electrons. The minimum Gasteiger partial charge on any atom is -0.236 e. The van der Waals surface area contributed by atoms with Gasteiger partial charge in [0.05, 0.1) is 5.75 Å². The lowest BCUT2D eigenvalue weighted by molar-refractivity contribution is 0.591. The fraction of sp³-hybridized carbons (Fsp3) is 0.500. The van der Waals surface area contributed by atoms with Crippen molar-refractivity contribution in [2.45, 2.75) is 30.7 Å². The van der Waals surface area contributed by atoms with Gasteiger partial charge in [-0.2, -0.15) is 5.10 Å². The maximum Gasteiger partial charge on any atom is 0.209 e. The Labute approximate surface area is 122 Å². The van der Waals surface area contributed by atoms with Crippen LogP contribution in [-0.2, 0) is 10.0 Å². The van der Waals surface area contributed by atoms with Crippen LogP contribution >= 0.6 is 11.8 Å². The molecule has 2 rings (SSSR count). The summed E-state index contributed by atoms with van der Waals surface area (Å²) in [7, 11) is -3.30. The number of primary sulfonamides is 1. The van der Waals surface area contributed by atoms with Crippen molar-refractivity contribution in [3.63, 3.8) is 0 Å². The van der Waals surface area contributed by atoms with Gasteiger partial charge < -0.3 is 0 Å². The Morgan fingerprint density at radius 1 is 1.20 bits per heavy atom. The zero-order valence-corrected chi connectivity index (χ0v) is 12.7. The van der Waals surface area contributed by atoms with Crippen LogP contribution in [0.3, 0.4) is 0 Å². The molecule has 2 N–H and O–H groups in total. The summed E-state index contributed by atoms with van der Waals surface area (Å²) in [5.41, 5.74) is 0.845. The fourth-order valence-electron chi connectivity index (χ4n) is 1.81. The van der Waals surface area contributed by atoms with Crippen molar-refractivity contribution >= 4 is 27.4 Å². The molecule has 0 fully saturated rings. The van der Waals surface area contributed by atoms with E-state index in [1.54, 1.807) is 22.5 Å². The number of hydrogen-bond donors (Lipinski definition) is 1. The van der Waals surface area contributed by atoms with Gasteiger partial charge in [-0.05, 0) is 30.7 Å². The third-order valence-corrected chi connectivity index (χ3v) is 4.67. The van der Waals surface area contributed by atoms with Crippen LogP contribution in [-0.4, -0.2) is 34.5 Å². The summed E-state index contributed by atoms with van der Waals surface area (Å²) >= 11 is 1.70. The summed E-state index contributed by atoms with van der Waals surface area (Å²) < 4.78 is 23.3. The highest BCUT2D eigenvalue weighted by Gasteiger charge is 2.02. The monoisotopic (exact) mass is 314 g/mol. The average molecular weight is 314 g/mol. The lowest BCUT2D eigenvalue weighted by Crippen LogP contribution is -2.16. The number of thioether (sulfide) groups is 1. The van der Waals surface area contributed by atoms with Gasteiger partial charge in [0.1, 0.15) is 5.03 Å². The molecule has 2 aromatic heterocycles. The summed E-state index contributed by atoms with van der Waals surface area (Å²) in [5, 5.41) is 10.3. The molecule has 0 saturated heterocycles. The van der Waals surface area contributed by atoms with E-state index in [0.29, 0.717) is 6.42 Å². The Hall–Kier alpha value is -1.12. The van der Waals surface area contributed by atoms with E-state index < -0.39 is 10.0 Å². The summed E-state index contributed by atoms with van der Waals surface area (Å²) in [5.74, 6) is 1.06. The van der Waals surface area contributed by atoms with Crippen LogP contribution < -0.4 is 5.14 Å². The third kappa shape index (κ3) is 5.10. The Morgan fingerprint density at radius 3 is 2.80 bits per heavy atom. The van der Waals surface area contributed by atoms with Gasteiger partial charge in [-0.1, -0.05) is 12.8 Å². The molecule has 0 saturated carbocycles. The second-order valence-corrected chi connectivity index (χ2v) is 7.38. The molecule has 0 aliphatic carbocycles. The van der Waals surface area contributed by atoms with E-state index in [1.165, 1.54) is 0 Å². The van der Waals surface area contributed by atoms with Crippen molar-refractivity contribution in [1.82, 2.24) is 14.6 Å². The van der Waals surface area contributed by atoms with Crippen molar-refractivity contribution in [1.29, 1.82) is 0 Å². The van der Waals surface area contributed by atoms with Gasteiger partial charge >= 0.3 is 0 Å². The van der Waals surface area contributed by atoms with Crippen molar-refractivity contribution in [3.05, 3.63) is 24.5 Å². The largest absolute Gasteiger partial charge is 0.236 e. The summed E-state index contributed by atoms with van der Waals surface area (Å²) in [6.07, 6.45) is 7.14. The molecule has 0 amide bonds. The van der Waals surface area contributed by atoms with Gasteiger partial charge in [-0.15, -0.1) is 11.8 Å². The minimum atomic E-state index is -3.30. The number of sulfonamides is 1. The lowest BCUT2D eigenvalue weighted by atomic mass is 10.2. The first-order valence-electron chi connectivity index (χ1n) is 6.48. The van der Waals surface area contributed by atoms with Gasteiger partial charge in [0.25, 0.3) is 0 Å². The van der Waals surface area contributed by atoms with Crippen LogP contribution in [0.15, 0.2) is 29.6 Å². The number of hydrogen-bond acceptors (Lipinski definition) is 5. The highest BCUT2D eigenvalue weighted by atomic mass is 32.2. The Kier molecular flexibility index (Phi) is 5.38. The number of nitrogens with two attached hydrogens (primary N) is 1. The molecule has 0 aliphatic heterocycles. The zero-order chi connectivity index (χ0) is 14.4. The second kappa shape index (κ2) is 7.05. The van der Waals surface area contributed by atoms with E-state index in [2.05, 4.69) is 10.1 Å². The first kappa shape index (κ1) is 15.3. The highest BCUT2D eigenvalue weighted by Crippen LogP contribution is 2.17. The van der Waals surface area contributed by atoms with Crippen LogP contribution in [0.5, 0.6) is 0 Å². The molecule has 20 heavy (non-hydrogen) atoms. The predicted octanol–water partition coefficient (Wildman–Crippen LogP) is 1.67. The van der Waals surface area contributed by atoms with E-state index >= 15 is 0 Å². The Bertz CT molecular complexity index is 654. The first-order chi connectivity index (χ1) is 9.54. The quantitative estimate of drug-likeness (QED) is 0.591. The lowest BCUT2D eigenvalue weighted by Gasteiger charge is -2.02. The van der Waals surface area contributed by atoms with Gasteiger partial charge in [-0.25, -0.2) is 23.1 Å². The van der Waals surface area contributed by atoms with Crippen LogP contribution in [0.25, 0.3) is 5.65 Å². The number of nitrogens with zero attached hydrogens (tertiary/aromatic N) is 3. The van der Waals surface area contributed by atoms with E-state index in [0.717, 1.165) is 35.7 Å². The van der Waals surface area contributed by atoms with Crippen LogP contribution in [0.2, 0.25) is 0 Å². The van der Waals surface area contributed by atoms with Crippen molar-refractivity contribution in [2.24, 2.45) is 5.14 Å². The standard InChI is InChI=1S/C12H18N4O2S2/c13-20(17,18)10-4-2-1-3-9-19-12-6-5-11-14-7-8-16(11)15-12/h5-8H,1-4,9-10H2,(H2,13,17,18). The number of fused-ring (bicyclic) bond motifs is 1. The first-order valence-corrected chi connectivity index (χ1v) is 9.18. The molecule has 0 aromatic carbocycles. The molecule has 0 bridgehead atoms. The van der Waals surface area contributed by atoms with E-state index in [-0.39, 0.29) is 5.75 Å². The van der Waals surface area contributed by atoms with E-state index in [9.17, 15) is 8.42 Å². The van der Waals surface area contributed by atoms with Crippen molar-refractivity contribution < 1.29 is 8.42 Å². The van der Waals surface area contributed by atoms with Gasteiger partial charge in [-0.3, -0.25) is 0 Å². The third-order valence-electron chi connectivity index (χ3n) is 2.80. The fourth-order valence-corrected chi connectivity index (χ4v) is 3.28. The summed E-state index contributed by atoms with van der Waals surface area (Å²) in [6, 6.07) is 3.91. The van der Waals surface area contributed by atoms with E-state index in [4.69, 9.17) is 5.14 Å². The Morgan fingerprint density at radius 2 is 2.00 bits per heavy atom. The molecule has 6 nitrogen and oxygen atoms in total. The molecular weight excluding hydrogens is 296 g/mol. The zero-order valence-electron chi connectivity index (χ0n) is 11.1. The maximum atomic E-state index is 10.7. The van der Waals surface area contributed by atoms with Gasteiger partial charge in [0.15, 0.2) is 5.65 Å². The molecule has 0 atom stereocenters. The second-order valence-electron chi connectivity index (χ2n) is 4.53. The predicted molar refractivity (Wildman–Crippen MR) is 80.2 cm³/mol. The van der Waals surface area contributed by atoms with Crippen molar-refractivity contribution in [2.75, 3.05) is 11.5 Å². The molecule has 2 aromatic rings. The van der Waals surface area contributed by atoms with E-state index in [1.807, 2.05) is 18.3 Å². The topological polar surface area (TPSA) is 90.4 Å². The smallest absolute Gasteiger partial charge is 0.209 e. The minimum absolute atomic E-state index is 0.0823. The van der Waals surface area contributed by atoms with Gasteiger partial charge in [0.2, 0.25) is 10.0 Å². The molecular formula is C12H18N4O2S2. The van der Waals surface area contributed by atoms with Crippen LogP contribution in [0.1, 0.15) is 25.7 Å². The maximum absolute atomic E-state index is 10.7. The molecule has 2 heterocycles. The SMILES string of the molecule is NS(=O)(=O)CCCCCCSc1ccc2nccn2n1. The summed E-state index contributed by atoms with van der Waals surface area (Å²) in [4.78, 5) is 4.14. The number of imidazole rings is 1. The molecule has 8 heteroatoms. The summed E-state index contributed by atoms with van der Waals surface area (Å²) in [6.45, 7) is 0. The average Bonchev–Trinajstić information content (AvgIpc) is 2.83. The molecule has 0 aliphatic rings. The molecule has 0 unspecified atom stereocenters. The number of aromatic nitrogens is 3. The van der Waals surface area contributed by atoms with Gasteiger partial charge in [0, 0.05) is 12.4 Å². The van der Waals surface area contributed by atoms with Crippen molar-refractivity contribution in [3.8, 4) is 0 Å². The van der Waals surface area contributed by atoms with Crippen LogP contribution in [0, 0.1) is 0 Å². The normalized spacial score (nSPS) is 12.1. The molecule has 0 spiro atoms. The van der Waals surface area contributed by atoms with Crippen LogP contribution in [0.4, 0.5) is 0 Å².